The highest BCUT2D eigenvalue weighted by Crippen LogP contribution is 2.23. The van der Waals surface area contributed by atoms with Gasteiger partial charge in [0.2, 0.25) is 5.91 Å². The Balaban J connectivity index is 1.87. The molecule has 0 aromatic heterocycles. The lowest BCUT2D eigenvalue weighted by molar-refractivity contribution is -0.118. The minimum absolute atomic E-state index is 0.112. The Hall–Kier alpha value is -2.70. The van der Waals surface area contributed by atoms with E-state index in [2.05, 4.69) is 11.9 Å². The number of anilines is 1. The third-order valence-corrected chi connectivity index (χ3v) is 4.07. The summed E-state index contributed by atoms with van der Waals surface area (Å²) in [5, 5.41) is 12.6. The van der Waals surface area contributed by atoms with Crippen molar-refractivity contribution in [1.82, 2.24) is 0 Å². The molecule has 1 amide bonds. The fourth-order valence-corrected chi connectivity index (χ4v) is 2.53. The molecule has 0 spiro atoms. The van der Waals surface area contributed by atoms with Crippen LogP contribution in [0, 0.1) is 12.7 Å². The van der Waals surface area contributed by atoms with Crippen LogP contribution < -0.4 is 10.1 Å². The summed E-state index contributed by atoms with van der Waals surface area (Å²) in [4.78, 5) is 12.3. The largest absolute Gasteiger partial charge is 0.490 e. The molecule has 29 heavy (non-hydrogen) atoms. The lowest BCUT2D eigenvalue weighted by atomic mass is 10.1. The third-order valence-electron chi connectivity index (χ3n) is 4.07. The van der Waals surface area contributed by atoms with Gasteiger partial charge in [-0.25, -0.2) is 4.39 Å². The van der Waals surface area contributed by atoms with Gasteiger partial charge in [0.25, 0.3) is 0 Å². The van der Waals surface area contributed by atoms with Crippen LogP contribution in [-0.4, -0.2) is 29.3 Å². The van der Waals surface area contributed by atoms with Gasteiger partial charge in [-0.15, -0.1) is 6.58 Å². The molecule has 5 nitrogen and oxygen atoms in total. The van der Waals surface area contributed by atoms with Crippen LogP contribution in [0.15, 0.2) is 55.1 Å². The third kappa shape index (κ3) is 8.05. The molecule has 0 aliphatic heterocycles. The van der Waals surface area contributed by atoms with E-state index in [0.717, 1.165) is 11.1 Å². The standard InChI is InChI=1S/C23H28FNO4/c1-5-20(28-14-17-6-8-18(24)9-7-17)13-22(26)25-19-10-11-21(16(2)12-19)29-15-23(3,4)27/h5-12,20,27H,1,13-15H2,2-4H3,(H,25,26). The molecule has 2 aromatic rings. The van der Waals surface area contributed by atoms with Crippen LogP contribution in [0.3, 0.4) is 0 Å². The second-order valence-electron chi connectivity index (χ2n) is 7.55. The zero-order chi connectivity index (χ0) is 21.4. The molecule has 0 saturated carbocycles. The van der Waals surface area contributed by atoms with Crippen molar-refractivity contribution in [2.75, 3.05) is 11.9 Å². The molecule has 2 N–H and O–H groups in total. The van der Waals surface area contributed by atoms with Crippen molar-refractivity contribution < 1.29 is 23.8 Å². The molecule has 0 heterocycles. The van der Waals surface area contributed by atoms with Gasteiger partial charge in [-0.2, -0.15) is 0 Å². The van der Waals surface area contributed by atoms with E-state index in [9.17, 15) is 14.3 Å². The van der Waals surface area contributed by atoms with E-state index in [4.69, 9.17) is 9.47 Å². The summed E-state index contributed by atoms with van der Waals surface area (Å²) < 4.78 is 24.2. The van der Waals surface area contributed by atoms with Crippen molar-refractivity contribution in [2.45, 2.75) is 45.5 Å². The molecule has 1 unspecified atom stereocenters. The van der Waals surface area contributed by atoms with Crippen LogP contribution in [0.25, 0.3) is 0 Å². The van der Waals surface area contributed by atoms with Crippen molar-refractivity contribution in [2.24, 2.45) is 0 Å². The molecule has 0 aliphatic rings. The molecule has 1 atom stereocenters. The molecule has 2 aromatic carbocycles. The molecule has 156 valence electrons. The predicted octanol–water partition coefficient (Wildman–Crippen LogP) is 4.38. The first kappa shape index (κ1) is 22.6. The highest BCUT2D eigenvalue weighted by molar-refractivity contribution is 5.91. The number of benzene rings is 2. The summed E-state index contributed by atoms with van der Waals surface area (Å²) in [7, 11) is 0. The highest BCUT2D eigenvalue weighted by atomic mass is 19.1. The Morgan fingerprint density at radius 1 is 1.28 bits per heavy atom. The smallest absolute Gasteiger partial charge is 0.227 e. The normalized spacial score (nSPS) is 12.3. The van der Waals surface area contributed by atoms with Gasteiger partial charge in [-0.05, 0) is 62.2 Å². The first-order valence-electron chi connectivity index (χ1n) is 9.40. The number of carbonyl (C=O) groups excluding carboxylic acids is 1. The minimum atomic E-state index is -0.924. The van der Waals surface area contributed by atoms with Crippen LogP contribution >= 0.6 is 0 Å². The lowest BCUT2D eigenvalue weighted by Gasteiger charge is -2.19. The minimum Gasteiger partial charge on any atom is -0.490 e. The highest BCUT2D eigenvalue weighted by Gasteiger charge is 2.15. The Bertz CT molecular complexity index is 828. The fourth-order valence-electron chi connectivity index (χ4n) is 2.53. The zero-order valence-corrected chi connectivity index (χ0v) is 17.1. The molecule has 0 bridgehead atoms. The van der Waals surface area contributed by atoms with Crippen molar-refractivity contribution >= 4 is 11.6 Å². The SMILES string of the molecule is C=CC(CC(=O)Nc1ccc(OCC(C)(C)O)c(C)c1)OCc1ccc(F)cc1. The van der Waals surface area contributed by atoms with Crippen molar-refractivity contribution in [3.63, 3.8) is 0 Å². The lowest BCUT2D eigenvalue weighted by Crippen LogP contribution is -2.28. The van der Waals surface area contributed by atoms with E-state index in [1.54, 1.807) is 50.3 Å². The number of rotatable bonds is 10. The average Bonchev–Trinajstić information content (AvgIpc) is 2.65. The maximum atomic E-state index is 13.0. The molecule has 0 fully saturated rings. The van der Waals surface area contributed by atoms with Crippen LogP contribution in [0.2, 0.25) is 0 Å². The zero-order valence-electron chi connectivity index (χ0n) is 17.1. The second-order valence-corrected chi connectivity index (χ2v) is 7.55. The summed E-state index contributed by atoms with van der Waals surface area (Å²) >= 11 is 0. The van der Waals surface area contributed by atoms with Crippen LogP contribution in [0.5, 0.6) is 5.75 Å². The van der Waals surface area contributed by atoms with Gasteiger partial charge in [-0.3, -0.25) is 4.79 Å². The van der Waals surface area contributed by atoms with E-state index in [1.807, 2.05) is 6.92 Å². The number of amides is 1. The van der Waals surface area contributed by atoms with E-state index < -0.39 is 11.7 Å². The molecule has 0 saturated heterocycles. The van der Waals surface area contributed by atoms with Gasteiger partial charge in [0.05, 0.1) is 24.7 Å². The number of halogens is 1. The Kier molecular flexibility index (Phi) is 7.93. The van der Waals surface area contributed by atoms with Gasteiger partial charge >= 0.3 is 0 Å². The number of carbonyl (C=O) groups is 1. The van der Waals surface area contributed by atoms with Crippen molar-refractivity contribution in [3.05, 3.63) is 72.1 Å². The first-order valence-corrected chi connectivity index (χ1v) is 9.40. The first-order chi connectivity index (χ1) is 13.7. The number of hydrogen-bond acceptors (Lipinski definition) is 4. The summed E-state index contributed by atoms with van der Waals surface area (Å²) in [5.74, 6) is 0.135. The Morgan fingerprint density at radius 2 is 1.97 bits per heavy atom. The van der Waals surface area contributed by atoms with Crippen LogP contribution in [0.4, 0.5) is 10.1 Å². The number of aliphatic hydroxyl groups is 1. The molecule has 6 heteroatoms. The van der Waals surface area contributed by atoms with E-state index in [-0.39, 0.29) is 31.4 Å². The molecule has 0 aliphatic carbocycles. The number of aryl methyl sites for hydroxylation is 1. The van der Waals surface area contributed by atoms with Crippen LogP contribution in [-0.2, 0) is 16.1 Å². The molecule has 2 rings (SSSR count). The van der Waals surface area contributed by atoms with E-state index in [0.29, 0.717) is 11.4 Å². The summed E-state index contributed by atoms with van der Waals surface area (Å²) in [6.45, 7) is 9.36. The van der Waals surface area contributed by atoms with Crippen molar-refractivity contribution in [1.29, 1.82) is 0 Å². The van der Waals surface area contributed by atoms with Gasteiger partial charge in [-0.1, -0.05) is 18.2 Å². The van der Waals surface area contributed by atoms with Crippen LogP contribution in [0.1, 0.15) is 31.4 Å². The summed E-state index contributed by atoms with van der Waals surface area (Å²) in [6.07, 6.45) is 1.22. The van der Waals surface area contributed by atoms with E-state index in [1.165, 1.54) is 12.1 Å². The quantitative estimate of drug-likeness (QED) is 0.580. The summed E-state index contributed by atoms with van der Waals surface area (Å²) in [6, 6.07) is 11.3. The molecular weight excluding hydrogens is 373 g/mol. The van der Waals surface area contributed by atoms with Gasteiger partial charge in [0, 0.05) is 5.69 Å². The van der Waals surface area contributed by atoms with Gasteiger partial charge < -0.3 is 19.9 Å². The number of hydrogen-bond donors (Lipinski definition) is 2. The Morgan fingerprint density at radius 3 is 2.55 bits per heavy atom. The fraction of sp³-hybridized carbons (Fsp3) is 0.348. The van der Waals surface area contributed by atoms with Gasteiger partial charge in [0.15, 0.2) is 0 Å². The summed E-state index contributed by atoms with van der Waals surface area (Å²) in [5.41, 5.74) is 1.38. The number of nitrogens with one attached hydrogen (secondary N) is 1. The maximum Gasteiger partial charge on any atom is 0.227 e. The topological polar surface area (TPSA) is 67.8 Å². The second kappa shape index (κ2) is 10.2. The molecule has 0 radical (unpaired) electrons. The average molecular weight is 401 g/mol. The van der Waals surface area contributed by atoms with Crippen molar-refractivity contribution in [3.8, 4) is 5.75 Å². The molecular formula is C23H28FNO4. The van der Waals surface area contributed by atoms with Gasteiger partial charge in [0.1, 0.15) is 18.2 Å². The monoisotopic (exact) mass is 401 g/mol. The predicted molar refractivity (Wildman–Crippen MR) is 111 cm³/mol. The van der Waals surface area contributed by atoms with E-state index >= 15 is 0 Å². The number of ether oxygens (including phenoxy) is 2. The Labute approximate surface area is 171 Å². The maximum absolute atomic E-state index is 13.0.